The molecule has 0 amide bonds. The van der Waals surface area contributed by atoms with Crippen molar-refractivity contribution in [3.05, 3.63) is 69.8 Å². The van der Waals surface area contributed by atoms with Crippen molar-refractivity contribution in [3.63, 3.8) is 0 Å². The molecule has 0 spiro atoms. The summed E-state index contributed by atoms with van der Waals surface area (Å²) in [4.78, 5) is 31.3. The highest BCUT2D eigenvalue weighted by molar-refractivity contribution is 7.53. The van der Waals surface area contributed by atoms with Crippen molar-refractivity contribution >= 4 is 17.2 Å². The first-order chi connectivity index (χ1) is 18.6. The van der Waals surface area contributed by atoms with Crippen molar-refractivity contribution < 1.29 is 44.3 Å². The average Bonchev–Trinajstić information content (AvgIpc) is 2.88. The molecule has 2 aromatic carbocycles. The molecule has 2 aromatic rings. The van der Waals surface area contributed by atoms with Crippen molar-refractivity contribution in [2.75, 3.05) is 19.8 Å². The van der Waals surface area contributed by atoms with Crippen LogP contribution in [0.1, 0.15) is 112 Å². The highest BCUT2D eigenvalue weighted by Crippen LogP contribution is 2.53. The van der Waals surface area contributed by atoms with Crippen LogP contribution in [0.2, 0.25) is 0 Å². The predicted octanol–water partition coefficient (Wildman–Crippen LogP) is 4.81. The van der Waals surface area contributed by atoms with Gasteiger partial charge in [0, 0.05) is 0 Å². The Hall–Kier alpha value is -1.06. The third-order valence-corrected chi connectivity index (χ3v) is 8.46. The highest BCUT2D eigenvalue weighted by atomic mass is 31.2. The molecule has 2 rings (SSSR count). The van der Waals surface area contributed by atoms with Crippen LogP contribution in [0.25, 0.3) is 0 Å². The monoisotopic (exact) mass is 602 g/mol. The molecule has 9 nitrogen and oxygen atoms in total. The van der Waals surface area contributed by atoms with Crippen LogP contribution >= 0.6 is 17.2 Å². The van der Waals surface area contributed by atoms with E-state index in [1.54, 1.807) is 0 Å². The van der Waals surface area contributed by atoms with Gasteiger partial charge in [0.1, 0.15) is 5.60 Å². The Morgan fingerprint density at radius 3 is 0.975 bits per heavy atom. The van der Waals surface area contributed by atoms with E-state index >= 15 is 0 Å². The lowest BCUT2D eigenvalue weighted by Gasteiger charge is -2.49. The Labute approximate surface area is 241 Å². The molecule has 0 aliphatic carbocycles. The number of hydrogen-bond donors (Lipinski definition) is 8. The summed E-state index contributed by atoms with van der Waals surface area (Å²) in [6, 6.07) is 12.1. The van der Waals surface area contributed by atoms with Gasteiger partial charge in [0.05, 0.1) is 25.2 Å². The van der Waals surface area contributed by atoms with E-state index in [0.717, 1.165) is 22.3 Å². The van der Waals surface area contributed by atoms with Crippen LogP contribution in [0.5, 0.6) is 0 Å². The smallest absolute Gasteiger partial charge is 0.334 e. The van der Waals surface area contributed by atoms with E-state index in [4.69, 9.17) is 19.6 Å². The van der Waals surface area contributed by atoms with Crippen LogP contribution in [0, 0.1) is 5.41 Å². The molecular weight excluding hydrogens is 554 g/mol. The van der Waals surface area contributed by atoms with E-state index in [1.165, 1.54) is 0 Å². The van der Waals surface area contributed by atoms with Gasteiger partial charge in [-0.25, -0.2) is 4.31 Å². The van der Waals surface area contributed by atoms with Gasteiger partial charge in [-0.2, -0.15) is 0 Å². The molecule has 0 aliphatic rings. The quantitative estimate of drug-likeness (QED) is 0.159. The van der Waals surface area contributed by atoms with E-state index in [2.05, 4.69) is 59.7 Å². The maximum absolute atomic E-state index is 13.1. The SMILES string of the molecule is CC(C)c1cccc(C(C)C)c1C(O)(c1c(C(C)C)cccc1C(C)C)C(CO)(CO)CO.OP(O)OP(O)O. The molecule has 0 bridgehead atoms. The second-order valence-electron chi connectivity index (χ2n) is 11.3. The zero-order valence-corrected chi connectivity index (χ0v) is 26.6. The number of benzene rings is 2. The van der Waals surface area contributed by atoms with E-state index in [-0.39, 0.29) is 23.7 Å². The lowest BCUT2D eigenvalue weighted by atomic mass is 9.59. The molecule has 0 aromatic heterocycles. The van der Waals surface area contributed by atoms with Gasteiger partial charge in [0.15, 0.2) is 0 Å². The van der Waals surface area contributed by atoms with Gasteiger partial charge in [-0.1, -0.05) is 91.8 Å². The van der Waals surface area contributed by atoms with Crippen molar-refractivity contribution in [3.8, 4) is 0 Å². The highest BCUT2D eigenvalue weighted by Gasteiger charge is 2.56. The minimum absolute atomic E-state index is 0.0905. The van der Waals surface area contributed by atoms with Crippen LogP contribution < -0.4 is 0 Å². The second kappa shape index (κ2) is 16.0. The fourth-order valence-corrected chi connectivity index (χ4v) is 5.67. The number of rotatable bonds is 12. The Morgan fingerprint density at radius 1 is 0.575 bits per heavy atom. The summed E-state index contributed by atoms with van der Waals surface area (Å²) in [7, 11) is -5.22. The van der Waals surface area contributed by atoms with E-state index in [9.17, 15) is 20.4 Å². The van der Waals surface area contributed by atoms with Crippen molar-refractivity contribution in [2.45, 2.75) is 84.7 Å². The molecule has 0 fully saturated rings. The molecule has 0 heterocycles. The molecule has 0 radical (unpaired) electrons. The summed E-state index contributed by atoms with van der Waals surface area (Å²) in [5.41, 5.74) is 1.81. The molecule has 0 unspecified atom stereocenters. The Balaban J connectivity index is 0.00000101. The maximum Gasteiger partial charge on any atom is 0.334 e. The molecule has 228 valence electrons. The van der Waals surface area contributed by atoms with Gasteiger partial charge >= 0.3 is 17.2 Å². The molecule has 0 saturated carbocycles. The molecule has 11 heteroatoms. The lowest BCUT2D eigenvalue weighted by Crippen LogP contribution is -2.56. The topological polar surface area (TPSA) is 171 Å². The minimum Gasteiger partial charge on any atom is -0.395 e. The molecule has 0 aliphatic heterocycles. The van der Waals surface area contributed by atoms with Gasteiger partial charge in [0.25, 0.3) is 0 Å². The summed E-state index contributed by atoms with van der Waals surface area (Å²) >= 11 is 0. The minimum atomic E-state index is -2.61. The van der Waals surface area contributed by atoms with Crippen molar-refractivity contribution in [1.82, 2.24) is 0 Å². The summed E-state index contributed by atoms with van der Waals surface area (Å²) in [5.74, 6) is 0.362. The van der Waals surface area contributed by atoms with Gasteiger partial charge in [-0.15, -0.1) is 0 Å². The summed E-state index contributed by atoms with van der Waals surface area (Å²) in [6.45, 7) is 15.0. The molecule has 40 heavy (non-hydrogen) atoms. The van der Waals surface area contributed by atoms with Crippen molar-refractivity contribution in [2.24, 2.45) is 5.41 Å². The Morgan fingerprint density at radius 2 is 0.825 bits per heavy atom. The van der Waals surface area contributed by atoms with Crippen LogP contribution in [0.15, 0.2) is 36.4 Å². The fraction of sp³-hybridized carbons (Fsp3) is 0.586. The van der Waals surface area contributed by atoms with Crippen LogP contribution in [0.4, 0.5) is 0 Å². The third-order valence-electron chi connectivity index (χ3n) is 7.29. The zero-order valence-electron chi connectivity index (χ0n) is 24.8. The molecular formula is C29H48O9P2. The molecule has 8 N–H and O–H groups in total. The average molecular weight is 603 g/mol. The summed E-state index contributed by atoms with van der Waals surface area (Å²) in [6.07, 6.45) is 0. The van der Waals surface area contributed by atoms with Gasteiger partial charge < -0.3 is 40.0 Å². The zero-order chi connectivity index (χ0) is 31.0. The Bertz CT molecular complexity index is 922. The van der Waals surface area contributed by atoms with E-state index in [0.29, 0.717) is 11.1 Å². The standard InChI is InChI=1S/C29H44O4.H4O5P2/c1-18(2)22-11-9-12-23(19(3)4)26(22)29(33,28(15-30,16-31)17-32)27-24(20(5)6)13-10-14-25(27)21(7)8;1-6(2)5-7(3)4/h9-14,18-21,30-33H,15-17H2,1-8H3;1-4H. The predicted molar refractivity (Wildman–Crippen MR) is 160 cm³/mol. The first kappa shape index (κ1) is 37.0. The lowest BCUT2D eigenvalue weighted by molar-refractivity contribution is -0.137. The Kier molecular flexibility index (Phi) is 14.8. The maximum atomic E-state index is 13.1. The van der Waals surface area contributed by atoms with Gasteiger partial charge in [-0.3, -0.25) is 0 Å². The van der Waals surface area contributed by atoms with Gasteiger partial charge in [0.2, 0.25) is 0 Å². The molecule has 0 atom stereocenters. The number of hydrogen-bond acceptors (Lipinski definition) is 9. The second-order valence-corrected chi connectivity index (χ2v) is 13.0. The number of aliphatic hydroxyl groups excluding tert-OH is 3. The largest absolute Gasteiger partial charge is 0.395 e. The first-order valence-corrected chi connectivity index (χ1v) is 15.7. The summed E-state index contributed by atoms with van der Waals surface area (Å²) < 4.78 is 3.60. The first-order valence-electron chi connectivity index (χ1n) is 13.4. The van der Waals surface area contributed by atoms with E-state index < -0.39 is 48.0 Å². The van der Waals surface area contributed by atoms with Gasteiger partial charge in [-0.05, 0) is 57.1 Å². The molecule has 0 saturated heterocycles. The van der Waals surface area contributed by atoms with Crippen molar-refractivity contribution in [1.29, 1.82) is 0 Å². The number of aliphatic hydroxyl groups is 4. The summed E-state index contributed by atoms with van der Waals surface area (Å²) in [5, 5.41) is 45.1. The van der Waals surface area contributed by atoms with Crippen LogP contribution in [-0.4, -0.2) is 59.8 Å². The fourth-order valence-electron chi connectivity index (χ4n) is 5.15. The van der Waals surface area contributed by atoms with Crippen LogP contribution in [-0.2, 0) is 9.91 Å². The third kappa shape index (κ3) is 8.06. The van der Waals surface area contributed by atoms with E-state index in [1.807, 2.05) is 36.4 Å². The normalized spacial score (nSPS) is 12.8. The van der Waals surface area contributed by atoms with Crippen LogP contribution in [0.3, 0.4) is 0 Å².